The molecule has 18 heavy (non-hydrogen) atoms. The molecule has 0 aromatic carbocycles. The standard InChI is InChI=1S/C13H22N4O/c1-3-5-10(14)13(18)16-11-6-4-7-12-9(11)8-15-17(12)2/h8,10-11H,3-7,14H2,1-2H3,(H,16,18)/t10-,11?/m0/s1. The molecule has 1 aliphatic rings. The summed E-state index contributed by atoms with van der Waals surface area (Å²) < 4.78 is 1.90. The minimum absolute atomic E-state index is 0.0430. The molecule has 1 amide bonds. The van der Waals surface area contributed by atoms with Crippen LogP contribution in [0.2, 0.25) is 0 Å². The van der Waals surface area contributed by atoms with Crippen LogP contribution in [-0.4, -0.2) is 21.7 Å². The average molecular weight is 250 g/mol. The number of carbonyl (C=O) groups is 1. The van der Waals surface area contributed by atoms with Crippen LogP contribution in [0.3, 0.4) is 0 Å². The maximum absolute atomic E-state index is 12.0. The van der Waals surface area contributed by atoms with Gasteiger partial charge in [0, 0.05) is 18.3 Å². The highest BCUT2D eigenvalue weighted by Gasteiger charge is 2.26. The first-order chi connectivity index (χ1) is 8.63. The van der Waals surface area contributed by atoms with Gasteiger partial charge in [0.1, 0.15) is 0 Å². The Balaban J connectivity index is 2.05. The van der Waals surface area contributed by atoms with Gasteiger partial charge in [0.25, 0.3) is 0 Å². The Labute approximate surface area is 108 Å². The third-order valence-electron chi connectivity index (χ3n) is 3.63. The van der Waals surface area contributed by atoms with Crippen LogP contribution in [0.5, 0.6) is 0 Å². The van der Waals surface area contributed by atoms with Crippen molar-refractivity contribution in [1.29, 1.82) is 0 Å². The Morgan fingerprint density at radius 1 is 1.72 bits per heavy atom. The maximum Gasteiger partial charge on any atom is 0.237 e. The molecule has 100 valence electrons. The van der Waals surface area contributed by atoms with Gasteiger partial charge in [-0.25, -0.2) is 0 Å². The lowest BCUT2D eigenvalue weighted by atomic mass is 9.92. The van der Waals surface area contributed by atoms with E-state index in [9.17, 15) is 4.79 Å². The number of amides is 1. The van der Waals surface area contributed by atoms with Gasteiger partial charge in [-0.2, -0.15) is 5.10 Å². The molecule has 0 fully saturated rings. The third-order valence-corrected chi connectivity index (χ3v) is 3.63. The van der Waals surface area contributed by atoms with E-state index in [1.54, 1.807) is 0 Å². The highest BCUT2D eigenvalue weighted by atomic mass is 16.2. The second-order valence-electron chi connectivity index (χ2n) is 5.02. The van der Waals surface area contributed by atoms with E-state index in [2.05, 4.69) is 10.4 Å². The molecule has 0 saturated carbocycles. The predicted molar refractivity (Wildman–Crippen MR) is 69.9 cm³/mol. The van der Waals surface area contributed by atoms with Gasteiger partial charge >= 0.3 is 0 Å². The van der Waals surface area contributed by atoms with Crippen LogP contribution in [0.25, 0.3) is 0 Å². The number of nitrogens with two attached hydrogens (primary N) is 1. The van der Waals surface area contributed by atoms with E-state index in [0.717, 1.165) is 37.7 Å². The van der Waals surface area contributed by atoms with Crippen molar-refractivity contribution in [3.8, 4) is 0 Å². The van der Waals surface area contributed by atoms with Crippen molar-refractivity contribution in [1.82, 2.24) is 15.1 Å². The van der Waals surface area contributed by atoms with E-state index in [-0.39, 0.29) is 11.9 Å². The van der Waals surface area contributed by atoms with Crippen LogP contribution in [0.1, 0.15) is 49.9 Å². The number of aromatic nitrogens is 2. The van der Waals surface area contributed by atoms with Crippen LogP contribution in [0, 0.1) is 0 Å². The molecule has 2 rings (SSSR count). The summed E-state index contributed by atoms with van der Waals surface area (Å²) in [6, 6.07) is -0.310. The van der Waals surface area contributed by atoms with E-state index in [0.29, 0.717) is 0 Å². The number of hydrogen-bond donors (Lipinski definition) is 2. The Hall–Kier alpha value is -1.36. The second kappa shape index (κ2) is 5.52. The summed E-state index contributed by atoms with van der Waals surface area (Å²) in [5.41, 5.74) is 8.22. The summed E-state index contributed by atoms with van der Waals surface area (Å²) in [6.45, 7) is 2.03. The largest absolute Gasteiger partial charge is 0.348 e. The van der Waals surface area contributed by atoms with E-state index in [4.69, 9.17) is 5.73 Å². The molecule has 0 spiro atoms. The van der Waals surface area contributed by atoms with Crippen molar-refractivity contribution in [2.24, 2.45) is 12.8 Å². The van der Waals surface area contributed by atoms with Crippen molar-refractivity contribution >= 4 is 5.91 Å². The van der Waals surface area contributed by atoms with Gasteiger partial charge in [0.2, 0.25) is 5.91 Å². The molecule has 1 aromatic heterocycles. The summed E-state index contributed by atoms with van der Waals surface area (Å²) in [5, 5.41) is 7.33. The number of fused-ring (bicyclic) bond motifs is 1. The average Bonchev–Trinajstić information content (AvgIpc) is 2.73. The smallest absolute Gasteiger partial charge is 0.237 e. The van der Waals surface area contributed by atoms with Crippen molar-refractivity contribution in [3.63, 3.8) is 0 Å². The quantitative estimate of drug-likeness (QED) is 0.838. The van der Waals surface area contributed by atoms with Gasteiger partial charge in [-0.05, 0) is 25.7 Å². The Bertz CT molecular complexity index is 427. The second-order valence-corrected chi connectivity index (χ2v) is 5.02. The van der Waals surface area contributed by atoms with Gasteiger partial charge in [-0.3, -0.25) is 9.48 Å². The molecule has 5 nitrogen and oxygen atoms in total. The molecule has 1 aliphatic carbocycles. The normalized spacial score (nSPS) is 20.3. The van der Waals surface area contributed by atoms with Crippen LogP contribution in [0.4, 0.5) is 0 Å². The molecular formula is C13H22N4O. The Morgan fingerprint density at radius 2 is 2.50 bits per heavy atom. The molecule has 5 heteroatoms. The van der Waals surface area contributed by atoms with Crippen LogP contribution in [0.15, 0.2) is 6.20 Å². The molecule has 1 aromatic rings. The summed E-state index contributed by atoms with van der Waals surface area (Å²) in [5.74, 6) is -0.0430. The molecule has 1 heterocycles. The first-order valence-corrected chi connectivity index (χ1v) is 6.70. The van der Waals surface area contributed by atoms with E-state index in [1.165, 1.54) is 5.69 Å². The van der Waals surface area contributed by atoms with Crippen LogP contribution < -0.4 is 11.1 Å². The molecule has 0 aliphatic heterocycles. The molecular weight excluding hydrogens is 228 g/mol. The lowest BCUT2D eigenvalue weighted by Crippen LogP contribution is -2.42. The zero-order chi connectivity index (χ0) is 13.1. The number of hydrogen-bond acceptors (Lipinski definition) is 3. The highest BCUT2D eigenvalue weighted by molar-refractivity contribution is 5.81. The Kier molecular flexibility index (Phi) is 4.01. The molecule has 0 bridgehead atoms. The summed E-state index contributed by atoms with van der Waals surface area (Å²) in [4.78, 5) is 12.0. The van der Waals surface area contributed by atoms with Crippen LogP contribution >= 0.6 is 0 Å². The predicted octanol–water partition coefficient (Wildman–Crippen LogP) is 1.04. The van der Waals surface area contributed by atoms with E-state index in [1.807, 2.05) is 24.9 Å². The monoisotopic (exact) mass is 250 g/mol. The van der Waals surface area contributed by atoms with Crippen molar-refractivity contribution < 1.29 is 4.79 Å². The first-order valence-electron chi connectivity index (χ1n) is 6.70. The van der Waals surface area contributed by atoms with Gasteiger partial charge in [-0.15, -0.1) is 0 Å². The fraction of sp³-hybridized carbons (Fsp3) is 0.692. The van der Waals surface area contributed by atoms with Crippen LogP contribution in [-0.2, 0) is 18.3 Å². The number of aryl methyl sites for hydroxylation is 1. The van der Waals surface area contributed by atoms with Gasteiger partial charge in [-0.1, -0.05) is 13.3 Å². The lowest BCUT2D eigenvalue weighted by Gasteiger charge is -2.25. The van der Waals surface area contributed by atoms with Gasteiger partial charge in [0.05, 0.1) is 18.3 Å². The zero-order valence-electron chi connectivity index (χ0n) is 11.1. The fourth-order valence-electron chi connectivity index (χ4n) is 2.58. The first kappa shape index (κ1) is 13.1. The number of nitrogens with zero attached hydrogens (tertiary/aromatic N) is 2. The third kappa shape index (κ3) is 2.56. The molecule has 3 N–H and O–H groups in total. The number of nitrogens with one attached hydrogen (secondary N) is 1. The fourth-order valence-corrected chi connectivity index (χ4v) is 2.58. The maximum atomic E-state index is 12.0. The van der Waals surface area contributed by atoms with Crippen molar-refractivity contribution in [2.45, 2.75) is 51.1 Å². The lowest BCUT2D eigenvalue weighted by molar-refractivity contribution is -0.123. The minimum Gasteiger partial charge on any atom is -0.348 e. The highest BCUT2D eigenvalue weighted by Crippen LogP contribution is 2.29. The number of carbonyl (C=O) groups excluding carboxylic acids is 1. The van der Waals surface area contributed by atoms with Crippen molar-refractivity contribution in [2.75, 3.05) is 0 Å². The SMILES string of the molecule is CCC[C@H](N)C(=O)NC1CCCc2c1cnn2C. The van der Waals surface area contributed by atoms with Gasteiger partial charge < -0.3 is 11.1 Å². The topological polar surface area (TPSA) is 72.9 Å². The molecule has 0 saturated heterocycles. The molecule has 0 radical (unpaired) electrons. The molecule has 2 atom stereocenters. The van der Waals surface area contributed by atoms with E-state index >= 15 is 0 Å². The number of rotatable bonds is 4. The van der Waals surface area contributed by atoms with Gasteiger partial charge in [0.15, 0.2) is 0 Å². The minimum atomic E-state index is -0.392. The summed E-state index contributed by atoms with van der Waals surface area (Å²) >= 11 is 0. The Morgan fingerprint density at radius 3 is 3.22 bits per heavy atom. The zero-order valence-corrected chi connectivity index (χ0v) is 11.1. The molecule has 1 unspecified atom stereocenters. The summed E-state index contributed by atoms with van der Waals surface area (Å²) in [7, 11) is 1.95. The van der Waals surface area contributed by atoms with Crippen molar-refractivity contribution in [3.05, 3.63) is 17.5 Å². The van der Waals surface area contributed by atoms with E-state index < -0.39 is 6.04 Å². The summed E-state index contributed by atoms with van der Waals surface area (Å²) in [6.07, 6.45) is 6.63.